The summed E-state index contributed by atoms with van der Waals surface area (Å²) < 4.78 is 2.13. The number of aryl methyl sites for hydroxylation is 1. The third kappa shape index (κ3) is 4.45. The molecule has 3 heterocycles. The molecule has 3 aromatic rings. The van der Waals surface area contributed by atoms with Gasteiger partial charge in [0.05, 0.1) is 29.4 Å². The van der Waals surface area contributed by atoms with E-state index in [9.17, 15) is 4.79 Å². The zero-order chi connectivity index (χ0) is 24.7. The average molecular weight is 488 g/mol. The van der Waals surface area contributed by atoms with Gasteiger partial charge in [0, 0.05) is 29.7 Å². The minimum Gasteiger partial charge on any atom is -0.341 e. The quantitative estimate of drug-likeness (QED) is 0.388. The molecule has 5 heteroatoms. The smallest absolute Gasteiger partial charge is 0.256 e. The van der Waals surface area contributed by atoms with E-state index in [2.05, 4.69) is 62.6 Å². The van der Waals surface area contributed by atoms with Crippen LogP contribution in [0.3, 0.4) is 0 Å². The fraction of sp³-hybridized carbons (Fsp3) is 0.400. The van der Waals surface area contributed by atoms with Crippen molar-refractivity contribution in [3.8, 4) is 0 Å². The number of carbonyl (C=O) groups excluding carboxylic acids is 1. The van der Waals surface area contributed by atoms with Crippen LogP contribution in [0.25, 0.3) is 10.9 Å². The number of aromatic nitrogens is 1. The van der Waals surface area contributed by atoms with Crippen molar-refractivity contribution < 1.29 is 4.79 Å². The van der Waals surface area contributed by atoms with Gasteiger partial charge in [-0.1, -0.05) is 55.8 Å². The van der Waals surface area contributed by atoms with Crippen LogP contribution < -0.4 is 0 Å². The maximum absolute atomic E-state index is 13.8. The molecule has 0 bridgehead atoms. The summed E-state index contributed by atoms with van der Waals surface area (Å²) in [5, 5.41) is 1.63. The van der Waals surface area contributed by atoms with Crippen molar-refractivity contribution in [1.29, 1.82) is 0 Å². The Hall–Kier alpha value is -2.85. The van der Waals surface area contributed by atoms with Gasteiger partial charge >= 0.3 is 0 Å². The number of benzene rings is 2. The molecule has 0 radical (unpaired) electrons. The van der Waals surface area contributed by atoms with E-state index in [1.807, 2.05) is 29.3 Å². The van der Waals surface area contributed by atoms with Gasteiger partial charge in [-0.15, -0.1) is 0 Å². The number of halogens is 1. The summed E-state index contributed by atoms with van der Waals surface area (Å²) in [4.78, 5) is 20.6. The number of nitrogens with zero attached hydrogens (tertiary/aromatic N) is 3. The lowest BCUT2D eigenvalue weighted by molar-refractivity contribution is 0.0677. The van der Waals surface area contributed by atoms with Crippen LogP contribution >= 0.6 is 11.6 Å². The first-order valence-corrected chi connectivity index (χ1v) is 13.1. The number of amides is 1. The van der Waals surface area contributed by atoms with Crippen LogP contribution in [-0.2, 0) is 18.4 Å². The molecule has 4 nitrogen and oxygen atoms in total. The van der Waals surface area contributed by atoms with Gasteiger partial charge in [-0.05, 0) is 73.4 Å². The molecule has 1 unspecified atom stereocenters. The predicted molar refractivity (Wildman–Crippen MR) is 146 cm³/mol. The summed E-state index contributed by atoms with van der Waals surface area (Å²) in [7, 11) is 0. The zero-order valence-corrected chi connectivity index (χ0v) is 21.9. The first-order chi connectivity index (χ1) is 16.8. The van der Waals surface area contributed by atoms with E-state index in [1.54, 1.807) is 0 Å². The Bertz CT molecular complexity index is 1340. The van der Waals surface area contributed by atoms with Crippen molar-refractivity contribution in [3.05, 3.63) is 82.0 Å². The average Bonchev–Trinajstić information content (AvgIpc) is 3.37. The Morgan fingerprint density at radius 1 is 1.17 bits per heavy atom. The van der Waals surface area contributed by atoms with Gasteiger partial charge in [0.2, 0.25) is 0 Å². The van der Waals surface area contributed by atoms with Crippen molar-refractivity contribution in [2.75, 3.05) is 13.1 Å². The van der Waals surface area contributed by atoms with E-state index < -0.39 is 0 Å². The second-order valence-electron chi connectivity index (χ2n) is 10.4. The number of carbonyl (C=O) groups is 1. The van der Waals surface area contributed by atoms with Gasteiger partial charge in [-0.2, -0.15) is 0 Å². The molecule has 2 aliphatic heterocycles. The SMILES string of the molecule is CCc1ccccc1C1(C)CCN(C(=O)c2cn(CC3=NC(C)C(C)=C3)c3cc(Cl)ccc23)CC1. The number of rotatable bonds is 5. The van der Waals surface area contributed by atoms with E-state index in [0.29, 0.717) is 11.6 Å². The van der Waals surface area contributed by atoms with Crippen LogP contribution in [0.2, 0.25) is 5.02 Å². The van der Waals surface area contributed by atoms with Crippen LogP contribution in [0.4, 0.5) is 0 Å². The van der Waals surface area contributed by atoms with Gasteiger partial charge < -0.3 is 9.47 Å². The van der Waals surface area contributed by atoms with Gasteiger partial charge in [0.15, 0.2) is 0 Å². The minimum atomic E-state index is 0.104. The van der Waals surface area contributed by atoms with E-state index in [0.717, 1.165) is 54.5 Å². The highest BCUT2D eigenvalue weighted by Gasteiger charge is 2.35. The third-order valence-corrected chi connectivity index (χ3v) is 8.26. The molecule has 2 aliphatic rings. The maximum atomic E-state index is 13.8. The number of piperidine rings is 1. The monoisotopic (exact) mass is 487 g/mol. The fourth-order valence-corrected chi connectivity index (χ4v) is 5.83. The Kier molecular flexibility index (Phi) is 6.35. The van der Waals surface area contributed by atoms with Gasteiger partial charge in [-0.25, -0.2) is 0 Å². The standard InChI is InChI=1S/C30H34ClN3O/c1-5-22-8-6-7-9-27(22)30(4)12-14-33(15-13-30)29(35)26-19-34(18-24-16-20(2)21(3)32-24)28-17-23(31)10-11-25(26)28/h6-11,16-17,19,21H,5,12-15,18H2,1-4H3. The molecule has 5 rings (SSSR count). The molecule has 0 N–H and O–H groups in total. The molecule has 0 aliphatic carbocycles. The summed E-state index contributed by atoms with van der Waals surface area (Å²) >= 11 is 6.35. The Morgan fingerprint density at radius 3 is 2.60 bits per heavy atom. The molecule has 1 atom stereocenters. The highest BCUT2D eigenvalue weighted by atomic mass is 35.5. The summed E-state index contributed by atoms with van der Waals surface area (Å²) in [5.41, 5.74) is 7.00. The summed E-state index contributed by atoms with van der Waals surface area (Å²) in [6.45, 7) is 11.0. The van der Waals surface area contributed by atoms with E-state index in [1.165, 1.54) is 16.7 Å². The third-order valence-electron chi connectivity index (χ3n) is 8.02. The van der Waals surface area contributed by atoms with Crippen molar-refractivity contribution in [2.24, 2.45) is 4.99 Å². The van der Waals surface area contributed by atoms with Crippen LogP contribution in [0.15, 0.2) is 65.3 Å². The topological polar surface area (TPSA) is 37.6 Å². The molecular formula is C30H34ClN3O. The van der Waals surface area contributed by atoms with Gasteiger partial charge in [0.25, 0.3) is 5.91 Å². The lowest BCUT2D eigenvalue weighted by Crippen LogP contribution is -2.44. The highest BCUT2D eigenvalue weighted by molar-refractivity contribution is 6.31. The maximum Gasteiger partial charge on any atom is 0.256 e. The summed E-state index contributed by atoms with van der Waals surface area (Å²) in [6, 6.07) is 14.8. The molecule has 0 saturated carbocycles. The van der Waals surface area contributed by atoms with E-state index in [-0.39, 0.29) is 17.4 Å². The Balaban J connectivity index is 1.40. The molecule has 1 amide bonds. The largest absolute Gasteiger partial charge is 0.341 e. The number of hydrogen-bond acceptors (Lipinski definition) is 2. The summed E-state index contributed by atoms with van der Waals surface area (Å²) in [5.74, 6) is 0.107. The van der Waals surface area contributed by atoms with Crippen molar-refractivity contribution in [3.63, 3.8) is 0 Å². The molecule has 1 fully saturated rings. The van der Waals surface area contributed by atoms with E-state index in [4.69, 9.17) is 16.6 Å². The molecule has 2 aromatic carbocycles. The van der Waals surface area contributed by atoms with Crippen molar-refractivity contribution in [1.82, 2.24) is 9.47 Å². The number of hydrogen-bond donors (Lipinski definition) is 0. The molecule has 35 heavy (non-hydrogen) atoms. The number of allylic oxidation sites excluding steroid dienone is 1. The van der Waals surface area contributed by atoms with Crippen LogP contribution in [0.1, 0.15) is 62.0 Å². The lowest BCUT2D eigenvalue weighted by atomic mass is 9.72. The Morgan fingerprint density at radius 2 is 1.91 bits per heavy atom. The first kappa shape index (κ1) is 23.9. The molecule has 1 saturated heterocycles. The van der Waals surface area contributed by atoms with Crippen LogP contribution in [-0.4, -0.2) is 40.2 Å². The number of fused-ring (bicyclic) bond motifs is 1. The van der Waals surface area contributed by atoms with Crippen molar-refractivity contribution >= 4 is 34.1 Å². The minimum absolute atomic E-state index is 0.104. The second kappa shape index (κ2) is 9.31. The second-order valence-corrected chi connectivity index (χ2v) is 10.8. The number of likely N-dealkylation sites (tertiary alicyclic amines) is 1. The normalized spacial score (nSPS) is 19.7. The molecule has 182 valence electrons. The van der Waals surface area contributed by atoms with Gasteiger partial charge in [0.1, 0.15) is 0 Å². The van der Waals surface area contributed by atoms with E-state index >= 15 is 0 Å². The first-order valence-electron chi connectivity index (χ1n) is 12.7. The lowest BCUT2D eigenvalue weighted by Gasteiger charge is -2.40. The highest BCUT2D eigenvalue weighted by Crippen LogP contribution is 2.38. The summed E-state index contributed by atoms with van der Waals surface area (Å²) in [6.07, 6.45) is 7.13. The predicted octanol–water partition coefficient (Wildman–Crippen LogP) is 6.84. The number of aliphatic imine (C=N–C) groups is 1. The van der Waals surface area contributed by atoms with Crippen molar-refractivity contribution in [2.45, 2.75) is 65.0 Å². The molecule has 1 aromatic heterocycles. The Labute approximate surface area is 213 Å². The zero-order valence-electron chi connectivity index (χ0n) is 21.1. The molecular weight excluding hydrogens is 454 g/mol. The fourth-order valence-electron chi connectivity index (χ4n) is 5.66. The van der Waals surface area contributed by atoms with Gasteiger partial charge in [-0.3, -0.25) is 9.79 Å². The molecule has 0 spiro atoms. The van der Waals surface area contributed by atoms with Crippen LogP contribution in [0.5, 0.6) is 0 Å². The van der Waals surface area contributed by atoms with Crippen LogP contribution in [0, 0.1) is 0 Å².